The van der Waals surface area contributed by atoms with Crippen LogP contribution < -0.4 is 0 Å². The molecule has 0 fully saturated rings. The lowest BCUT2D eigenvalue weighted by molar-refractivity contribution is -0.137. The number of carboxylic acid groups (broad SMARTS) is 1. The van der Waals surface area contributed by atoms with Gasteiger partial charge in [-0.2, -0.15) is 0 Å². The lowest BCUT2D eigenvalue weighted by Gasteiger charge is -2.10. The first-order valence-corrected chi connectivity index (χ1v) is 5.28. The van der Waals surface area contributed by atoms with Gasteiger partial charge in [0.1, 0.15) is 6.33 Å². The summed E-state index contributed by atoms with van der Waals surface area (Å²) in [6, 6.07) is 7.32. The fraction of sp³-hybridized carbons (Fsp3) is 0.250. The molecule has 0 aliphatic rings. The van der Waals surface area contributed by atoms with Gasteiger partial charge in [0.25, 0.3) is 0 Å². The van der Waals surface area contributed by atoms with Crippen molar-refractivity contribution < 1.29 is 15.0 Å². The molecule has 5 heteroatoms. The van der Waals surface area contributed by atoms with Crippen molar-refractivity contribution >= 4 is 16.9 Å². The zero-order chi connectivity index (χ0) is 12.3. The number of aliphatic hydroxyl groups is 1. The molecule has 2 rings (SSSR count). The molecule has 1 unspecified atom stereocenters. The summed E-state index contributed by atoms with van der Waals surface area (Å²) in [5, 5.41) is 19.2. The van der Waals surface area contributed by atoms with E-state index in [0.717, 1.165) is 10.9 Å². The Morgan fingerprint density at radius 2 is 2.06 bits per heavy atom. The fourth-order valence-electron chi connectivity index (χ4n) is 1.69. The Labute approximate surface area is 97.8 Å². The van der Waals surface area contributed by atoms with Crippen LogP contribution in [0.3, 0.4) is 0 Å². The quantitative estimate of drug-likeness (QED) is 0.835. The third kappa shape index (κ3) is 2.57. The van der Waals surface area contributed by atoms with Crippen molar-refractivity contribution in [3.63, 3.8) is 0 Å². The molecule has 1 aromatic heterocycles. The molecule has 2 aromatic rings. The number of aliphatic hydroxyl groups excluding tert-OH is 1. The Balaban J connectivity index is 2.31. The summed E-state index contributed by atoms with van der Waals surface area (Å²) >= 11 is 0. The largest absolute Gasteiger partial charge is 0.481 e. The fourth-order valence-corrected chi connectivity index (χ4v) is 1.69. The number of benzene rings is 1. The molecule has 0 spiro atoms. The van der Waals surface area contributed by atoms with Crippen LogP contribution >= 0.6 is 0 Å². The first-order chi connectivity index (χ1) is 8.18. The van der Waals surface area contributed by atoms with Crippen LogP contribution in [0.15, 0.2) is 30.6 Å². The SMILES string of the molecule is O=C(O)CCC(O)c1ncnc2ccccc12. The van der Waals surface area contributed by atoms with Crippen molar-refractivity contribution in [3.8, 4) is 0 Å². The Kier molecular flexibility index (Phi) is 3.30. The molecule has 17 heavy (non-hydrogen) atoms. The van der Waals surface area contributed by atoms with E-state index in [4.69, 9.17) is 5.11 Å². The van der Waals surface area contributed by atoms with Crippen molar-refractivity contribution in [2.45, 2.75) is 18.9 Å². The summed E-state index contributed by atoms with van der Waals surface area (Å²) < 4.78 is 0. The second-order valence-corrected chi connectivity index (χ2v) is 3.72. The first kappa shape index (κ1) is 11.5. The van der Waals surface area contributed by atoms with Gasteiger partial charge in [0.15, 0.2) is 0 Å². The number of aliphatic carboxylic acids is 1. The Morgan fingerprint density at radius 3 is 2.82 bits per heavy atom. The van der Waals surface area contributed by atoms with Crippen molar-refractivity contribution in [3.05, 3.63) is 36.3 Å². The summed E-state index contributed by atoms with van der Waals surface area (Å²) in [5.41, 5.74) is 1.23. The molecule has 0 saturated carbocycles. The maximum absolute atomic E-state index is 10.5. The standard InChI is InChI=1S/C12H12N2O3/c15-10(5-6-11(16)17)12-8-3-1-2-4-9(8)13-7-14-12/h1-4,7,10,15H,5-6H2,(H,16,17). The van der Waals surface area contributed by atoms with Crippen molar-refractivity contribution in [2.75, 3.05) is 0 Å². The maximum Gasteiger partial charge on any atom is 0.303 e. The Bertz CT molecular complexity index is 537. The normalized spacial score (nSPS) is 12.5. The van der Waals surface area contributed by atoms with Crippen LogP contribution in [0.2, 0.25) is 0 Å². The van der Waals surface area contributed by atoms with Crippen LogP contribution in [-0.2, 0) is 4.79 Å². The molecule has 0 saturated heterocycles. The molecule has 1 aromatic carbocycles. The average molecular weight is 232 g/mol. The van der Waals surface area contributed by atoms with Gasteiger partial charge in [0, 0.05) is 11.8 Å². The van der Waals surface area contributed by atoms with Gasteiger partial charge >= 0.3 is 5.97 Å². The molecule has 88 valence electrons. The van der Waals surface area contributed by atoms with E-state index in [0.29, 0.717) is 5.69 Å². The molecular weight excluding hydrogens is 220 g/mol. The third-order valence-corrected chi connectivity index (χ3v) is 2.52. The Morgan fingerprint density at radius 1 is 1.29 bits per heavy atom. The number of nitrogens with zero attached hydrogens (tertiary/aromatic N) is 2. The van der Waals surface area contributed by atoms with Crippen molar-refractivity contribution in [1.82, 2.24) is 9.97 Å². The number of aromatic nitrogens is 2. The predicted octanol–water partition coefficient (Wildman–Crippen LogP) is 1.53. The number of carboxylic acids is 1. The van der Waals surface area contributed by atoms with E-state index in [1.165, 1.54) is 6.33 Å². The number of hydrogen-bond acceptors (Lipinski definition) is 4. The van der Waals surface area contributed by atoms with Crippen molar-refractivity contribution in [1.29, 1.82) is 0 Å². The van der Waals surface area contributed by atoms with E-state index in [1.54, 1.807) is 0 Å². The van der Waals surface area contributed by atoms with E-state index >= 15 is 0 Å². The molecule has 0 radical (unpaired) electrons. The van der Waals surface area contributed by atoms with Gasteiger partial charge in [-0.15, -0.1) is 0 Å². The van der Waals surface area contributed by atoms with Gasteiger partial charge in [-0.05, 0) is 12.5 Å². The molecule has 0 amide bonds. The van der Waals surface area contributed by atoms with Gasteiger partial charge in [-0.3, -0.25) is 4.79 Å². The number of rotatable bonds is 4. The molecule has 1 heterocycles. The zero-order valence-electron chi connectivity index (χ0n) is 9.08. The highest BCUT2D eigenvalue weighted by atomic mass is 16.4. The van der Waals surface area contributed by atoms with Gasteiger partial charge in [-0.25, -0.2) is 9.97 Å². The van der Waals surface area contributed by atoms with E-state index in [9.17, 15) is 9.90 Å². The minimum Gasteiger partial charge on any atom is -0.481 e. The van der Waals surface area contributed by atoms with E-state index in [2.05, 4.69) is 9.97 Å². The van der Waals surface area contributed by atoms with E-state index in [1.807, 2.05) is 24.3 Å². The molecule has 5 nitrogen and oxygen atoms in total. The average Bonchev–Trinajstić information content (AvgIpc) is 2.35. The van der Waals surface area contributed by atoms with Crippen LogP contribution in [0.1, 0.15) is 24.6 Å². The summed E-state index contributed by atoms with van der Waals surface area (Å²) in [4.78, 5) is 18.6. The summed E-state index contributed by atoms with van der Waals surface area (Å²) in [7, 11) is 0. The molecule has 0 bridgehead atoms. The van der Waals surface area contributed by atoms with Crippen LogP contribution in [0.5, 0.6) is 0 Å². The Hall–Kier alpha value is -2.01. The molecular formula is C12H12N2O3. The highest BCUT2D eigenvalue weighted by molar-refractivity contribution is 5.80. The molecule has 0 aliphatic carbocycles. The minimum atomic E-state index is -0.928. The van der Waals surface area contributed by atoms with Gasteiger partial charge in [0.2, 0.25) is 0 Å². The first-order valence-electron chi connectivity index (χ1n) is 5.28. The number of para-hydroxylation sites is 1. The second-order valence-electron chi connectivity index (χ2n) is 3.72. The topological polar surface area (TPSA) is 83.3 Å². The molecule has 1 atom stereocenters. The van der Waals surface area contributed by atoms with E-state index < -0.39 is 12.1 Å². The lowest BCUT2D eigenvalue weighted by atomic mass is 10.1. The van der Waals surface area contributed by atoms with Crippen LogP contribution in [0.25, 0.3) is 10.9 Å². The molecule has 2 N–H and O–H groups in total. The summed E-state index contributed by atoms with van der Waals surface area (Å²) in [5.74, 6) is -0.928. The number of carbonyl (C=O) groups is 1. The zero-order valence-corrected chi connectivity index (χ0v) is 9.08. The summed E-state index contributed by atoms with van der Waals surface area (Å²) in [6.07, 6.45) is 0.566. The minimum absolute atomic E-state index is 0.0838. The maximum atomic E-state index is 10.5. The smallest absolute Gasteiger partial charge is 0.303 e. The van der Waals surface area contributed by atoms with Gasteiger partial charge in [-0.1, -0.05) is 18.2 Å². The highest BCUT2D eigenvalue weighted by Crippen LogP contribution is 2.23. The lowest BCUT2D eigenvalue weighted by Crippen LogP contribution is -2.05. The predicted molar refractivity (Wildman–Crippen MR) is 61.4 cm³/mol. The number of fused-ring (bicyclic) bond motifs is 1. The van der Waals surface area contributed by atoms with Gasteiger partial charge < -0.3 is 10.2 Å². The highest BCUT2D eigenvalue weighted by Gasteiger charge is 2.14. The van der Waals surface area contributed by atoms with Crippen molar-refractivity contribution in [2.24, 2.45) is 0 Å². The monoisotopic (exact) mass is 232 g/mol. The third-order valence-electron chi connectivity index (χ3n) is 2.52. The van der Waals surface area contributed by atoms with Crippen LogP contribution in [-0.4, -0.2) is 26.2 Å². The summed E-state index contributed by atoms with van der Waals surface area (Å²) in [6.45, 7) is 0. The number of hydrogen-bond donors (Lipinski definition) is 2. The van der Waals surface area contributed by atoms with Gasteiger partial charge in [0.05, 0.1) is 17.3 Å². The molecule has 0 aliphatic heterocycles. The van der Waals surface area contributed by atoms with Crippen LogP contribution in [0.4, 0.5) is 0 Å². The second kappa shape index (κ2) is 4.88. The van der Waals surface area contributed by atoms with E-state index in [-0.39, 0.29) is 12.8 Å². The van der Waals surface area contributed by atoms with Crippen LogP contribution in [0, 0.1) is 0 Å².